The maximum absolute atomic E-state index is 13.9. The van der Waals surface area contributed by atoms with Gasteiger partial charge in [-0.05, 0) is 48.9 Å². The maximum atomic E-state index is 13.9. The van der Waals surface area contributed by atoms with E-state index in [1.807, 2.05) is 4.72 Å². The van der Waals surface area contributed by atoms with Gasteiger partial charge in [-0.2, -0.15) is 0 Å². The summed E-state index contributed by atoms with van der Waals surface area (Å²) in [6, 6.07) is 5.53. The Bertz CT molecular complexity index is 973. The number of aryl methyl sites for hydroxylation is 1. The molecule has 0 aliphatic carbocycles. The molecule has 23 heavy (non-hydrogen) atoms. The topological polar surface area (TPSA) is 106 Å². The number of halogens is 2. The second kappa shape index (κ2) is 5.87. The molecule has 2 aromatic rings. The number of benzene rings is 2. The van der Waals surface area contributed by atoms with Crippen molar-refractivity contribution in [2.75, 3.05) is 4.72 Å². The van der Waals surface area contributed by atoms with Crippen LogP contribution in [-0.4, -0.2) is 16.8 Å². The first-order valence-corrected chi connectivity index (χ1v) is 9.15. The Kier molecular flexibility index (Phi) is 4.42. The second-order valence-corrected chi connectivity index (χ2v) is 7.91. The summed E-state index contributed by atoms with van der Waals surface area (Å²) in [5.41, 5.74) is -0.319. The number of nitrogens with one attached hydrogen (secondary N) is 1. The molecule has 10 heteroatoms. The van der Waals surface area contributed by atoms with Crippen LogP contribution >= 0.6 is 0 Å². The molecule has 0 unspecified atom stereocenters. The number of primary sulfonamides is 1. The van der Waals surface area contributed by atoms with Gasteiger partial charge < -0.3 is 0 Å². The minimum atomic E-state index is -4.17. The Morgan fingerprint density at radius 3 is 2.17 bits per heavy atom. The third-order valence-electron chi connectivity index (χ3n) is 2.94. The summed E-state index contributed by atoms with van der Waals surface area (Å²) in [7, 11) is -8.28. The Balaban J connectivity index is 2.42. The van der Waals surface area contributed by atoms with Gasteiger partial charge in [-0.25, -0.2) is 30.8 Å². The summed E-state index contributed by atoms with van der Waals surface area (Å²) in [6.45, 7) is 1.39. The first kappa shape index (κ1) is 17.3. The van der Waals surface area contributed by atoms with Gasteiger partial charge >= 0.3 is 0 Å². The Morgan fingerprint density at radius 2 is 1.65 bits per heavy atom. The molecule has 0 aromatic heterocycles. The number of sulfonamides is 2. The molecule has 0 saturated carbocycles. The van der Waals surface area contributed by atoms with Crippen LogP contribution in [-0.2, 0) is 20.0 Å². The predicted molar refractivity (Wildman–Crippen MR) is 79.7 cm³/mol. The van der Waals surface area contributed by atoms with Crippen LogP contribution in [0.3, 0.4) is 0 Å². The second-order valence-electron chi connectivity index (χ2n) is 4.70. The van der Waals surface area contributed by atoms with Crippen molar-refractivity contribution in [1.82, 2.24) is 0 Å². The van der Waals surface area contributed by atoms with Gasteiger partial charge in [-0.3, -0.25) is 4.72 Å². The lowest BCUT2D eigenvalue weighted by atomic mass is 10.2. The van der Waals surface area contributed by atoms with Gasteiger partial charge in [-0.15, -0.1) is 0 Å². The van der Waals surface area contributed by atoms with E-state index in [-0.39, 0.29) is 10.5 Å². The fourth-order valence-corrected chi connectivity index (χ4v) is 3.69. The summed E-state index contributed by atoms with van der Waals surface area (Å²) >= 11 is 0. The smallest absolute Gasteiger partial charge is 0.262 e. The van der Waals surface area contributed by atoms with E-state index in [2.05, 4.69) is 0 Å². The van der Waals surface area contributed by atoms with Crippen molar-refractivity contribution in [1.29, 1.82) is 0 Å². The van der Waals surface area contributed by atoms with Crippen molar-refractivity contribution in [3.8, 4) is 0 Å². The van der Waals surface area contributed by atoms with Crippen molar-refractivity contribution >= 4 is 25.7 Å². The normalized spacial score (nSPS) is 12.2. The molecule has 0 fully saturated rings. The van der Waals surface area contributed by atoms with E-state index >= 15 is 0 Å². The highest BCUT2D eigenvalue weighted by Gasteiger charge is 2.20. The van der Waals surface area contributed by atoms with Crippen LogP contribution in [0.5, 0.6) is 0 Å². The molecule has 3 N–H and O–H groups in total. The van der Waals surface area contributed by atoms with Crippen LogP contribution in [0.1, 0.15) is 5.56 Å². The van der Waals surface area contributed by atoms with Crippen molar-refractivity contribution in [2.24, 2.45) is 5.14 Å². The number of nitrogens with two attached hydrogens (primary N) is 1. The summed E-state index contributed by atoms with van der Waals surface area (Å²) in [4.78, 5) is -0.718. The molecule has 0 atom stereocenters. The number of rotatable bonds is 4. The standard InChI is InChI=1S/C13H12F2N2O4S2/c1-8-6-9(14)2-5-13(8)23(20,21)17-12-4-3-10(7-11(12)15)22(16,18)19/h2-7,17H,1H3,(H2,16,18,19). The lowest BCUT2D eigenvalue weighted by Crippen LogP contribution is -2.16. The van der Waals surface area contributed by atoms with Crippen LogP contribution in [0, 0.1) is 18.6 Å². The highest BCUT2D eigenvalue weighted by molar-refractivity contribution is 7.92. The monoisotopic (exact) mass is 362 g/mol. The Morgan fingerprint density at radius 1 is 1.00 bits per heavy atom. The molecule has 0 heterocycles. The van der Waals surface area contributed by atoms with Crippen LogP contribution < -0.4 is 9.86 Å². The Hall–Kier alpha value is -2.04. The SMILES string of the molecule is Cc1cc(F)ccc1S(=O)(=O)Nc1ccc(S(N)(=O)=O)cc1F. The van der Waals surface area contributed by atoms with Gasteiger partial charge in [0, 0.05) is 0 Å². The van der Waals surface area contributed by atoms with E-state index in [1.165, 1.54) is 6.92 Å². The zero-order valence-corrected chi connectivity index (χ0v) is 13.4. The van der Waals surface area contributed by atoms with E-state index in [9.17, 15) is 25.6 Å². The number of hydrogen-bond donors (Lipinski definition) is 2. The molecule has 0 amide bonds. The van der Waals surface area contributed by atoms with Crippen molar-refractivity contribution in [3.63, 3.8) is 0 Å². The Labute approximate surface area is 132 Å². The van der Waals surface area contributed by atoms with Crippen LogP contribution in [0.15, 0.2) is 46.2 Å². The minimum Gasteiger partial charge on any atom is -0.277 e. The zero-order valence-electron chi connectivity index (χ0n) is 11.7. The van der Waals surface area contributed by atoms with E-state index in [0.717, 1.165) is 30.3 Å². The molecular formula is C13H12F2N2O4S2. The van der Waals surface area contributed by atoms with Crippen molar-refractivity contribution in [2.45, 2.75) is 16.7 Å². The summed E-state index contributed by atoms with van der Waals surface area (Å²) in [6.07, 6.45) is 0. The van der Waals surface area contributed by atoms with Gasteiger partial charge in [0.05, 0.1) is 15.5 Å². The zero-order chi connectivity index (χ0) is 17.4. The van der Waals surface area contributed by atoms with Crippen LogP contribution in [0.4, 0.5) is 14.5 Å². The average molecular weight is 362 g/mol. The fraction of sp³-hybridized carbons (Fsp3) is 0.0769. The molecule has 2 rings (SSSR count). The average Bonchev–Trinajstić information content (AvgIpc) is 2.39. The summed E-state index contributed by atoms with van der Waals surface area (Å²) in [5.74, 6) is -1.72. The molecular weight excluding hydrogens is 350 g/mol. The highest BCUT2D eigenvalue weighted by Crippen LogP contribution is 2.23. The van der Waals surface area contributed by atoms with E-state index in [0.29, 0.717) is 6.07 Å². The summed E-state index contributed by atoms with van der Waals surface area (Å²) in [5, 5.41) is 4.86. The number of anilines is 1. The van der Waals surface area contributed by atoms with Gasteiger partial charge in [0.25, 0.3) is 10.0 Å². The molecule has 0 saturated heterocycles. The van der Waals surface area contributed by atoms with E-state index in [4.69, 9.17) is 5.14 Å². The molecule has 124 valence electrons. The molecule has 0 aliphatic rings. The maximum Gasteiger partial charge on any atom is 0.262 e. The lowest BCUT2D eigenvalue weighted by molar-refractivity contribution is 0.592. The first-order chi connectivity index (χ1) is 10.5. The third kappa shape index (κ3) is 3.84. The van der Waals surface area contributed by atoms with Crippen molar-refractivity contribution < 1.29 is 25.6 Å². The van der Waals surface area contributed by atoms with Crippen molar-refractivity contribution in [3.05, 3.63) is 53.6 Å². The molecule has 0 aliphatic heterocycles. The molecule has 0 radical (unpaired) electrons. The van der Waals surface area contributed by atoms with Crippen LogP contribution in [0.2, 0.25) is 0 Å². The summed E-state index contributed by atoms with van der Waals surface area (Å²) < 4.78 is 75.6. The van der Waals surface area contributed by atoms with E-state index in [1.54, 1.807) is 0 Å². The lowest BCUT2D eigenvalue weighted by Gasteiger charge is -2.11. The molecule has 0 bridgehead atoms. The number of hydrogen-bond acceptors (Lipinski definition) is 4. The van der Waals surface area contributed by atoms with Crippen LogP contribution in [0.25, 0.3) is 0 Å². The molecule has 0 spiro atoms. The highest BCUT2D eigenvalue weighted by atomic mass is 32.2. The largest absolute Gasteiger partial charge is 0.277 e. The predicted octanol–water partition coefficient (Wildman–Crippen LogP) is 1.72. The van der Waals surface area contributed by atoms with Gasteiger partial charge in [0.15, 0.2) is 0 Å². The molecule has 2 aromatic carbocycles. The quantitative estimate of drug-likeness (QED) is 0.864. The van der Waals surface area contributed by atoms with Gasteiger partial charge in [0.2, 0.25) is 10.0 Å². The minimum absolute atomic E-state index is 0.138. The van der Waals surface area contributed by atoms with Gasteiger partial charge in [-0.1, -0.05) is 0 Å². The fourth-order valence-electron chi connectivity index (χ4n) is 1.87. The van der Waals surface area contributed by atoms with Gasteiger partial charge in [0.1, 0.15) is 11.6 Å². The third-order valence-corrected chi connectivity index (χ3v) is 5.38. The molecule has 6 nitrogen and oxygen atoms in total. The van der Waals surface area contributed by atoms with E-state index < -0.39 is 42.3 Å². The first-order valence-electron chi connectivity index (χ1n) is 6.12.